The number of hydrogen-bond acceptors (Lipinski definition) is 3. The van der Waals surface area contributed by atoms with Crippen molar-refractivity contribution in [2.45, 2.75) is 0 Å². The first-order valence-electron chi connectivity index (χ1n) is 21.7. The molecule has 0 aliphatic heterocycles. The molecule has 0 aliphatic rings. The van der Waals surface area contributed by atoms with Crippen LogP contribution in [0.4, 0.5) is 0 Å². The van der Waals surface area contributed by atoms with Crippen molar-refractivity contribution in [3.8, 4) is 56.7 Å². The van der Waals surface area contributed by atoms with Gasteiger partial charge in [0.05, 0.1) is 22.1 Å². The van der Waals surface area contributed by atoms with E-state index in [1.807, 2.05) is 60.7 Å². The second kappa shape index (κ2) is 14.5. The summed E-state index contributed by atoms with van der Waals surface area (Å²) in [6.07, 6.45) is 0. The summed E-state index contributed by atoms with van der Waals surface area (Å²) < 4.78 is 4.90. The third-order valence-corrected chi connectivity index (χ3v) is 12.7. The molecule has 0 aliphatic carbocycles. The Morgan fingerprint density at radius 3 is 1.47 bits per heavy atom. The molecular weight excluding hydrogens is 779 g/mol. The highest BCUT2D eigenvalue weighted by Gasteiger charge is 2.22. The smallest absolute Gasteiger partial charge is 0.164 e. The van der Waals surface area contributed by atoms with Crippen LogP contribution in [0.5, 0.6) is 0 Å². The number of hydrogen-bond donors (Lipinski definition) is 0. The number of nitrogens with zero attached hydrogens (tertiary/aromatic N) is 5. The van der Waals surface area contributed by atoms with Gasteiger partial charge in [0.25, 0.3) is 0 Å². The van der Waals surface area contributed by atoms with Crippen LogP contribution in [-0.4, -0.2) is 24.1 Å². The topological polar surface area (TPSA) is 48.5 Å². The van der Waals surface area contributed by atoms with E-state index in [0.29, 0.717) is 17.5 Å². The first kappa shape index (κ1) is 36.0. The van der Waals surface area contributed by atoms with E-state index in [4.69, 9.17) is 15.0 Å². The average Bonchev–Trinajstić information content (AvgIpc) is 3.88. The minimum atomic E-state index is 0.641. The fourth-order valence-corrected chi connectivity index (χ4v) is 9.76. The molecule has 0 amide bonds. The lowest BCUT2D eigenvalue weighted by atomic mass is 9.95. The van der Waals surface area contributed by atoms with Crippen molar-refractivity contribution in [1.82, 2.24) is 24.1 Å². The molecule has 0 N–H and O–H groups in total. The third-order valence-electron chi connectivity index (χ3n) is 12.7. The van der Waals surface area contributed by atoms with E-state index < -0.39 is 0 Å². The number of aromatic nitrogens is 5. The zero-order valence-corrected chi connectivity index (χ0v) is 34.6. The first-order chi connectivity index (χ1) is 31.7. The summed E-state index contributed by atoms with van der Waals surface area (Å²) in [7, 11) is 0. The highest BCUT2D eigenvalue weighted by atomic mass is 15.0. The molecule has 0 bridgehead atoms. The zero-order valence-electron chi connectivity index (χ0n) is 34.6. The van der Waals surface area contributed by atoms with Gasteiger partial charge in [0, 0.05) is 55.0 Å². The van der Waals surface area contributed by atoms with Crippen molar-refractivity contribution in [1.29, 1.82) is 0 Å². The molecule has 13 rings (SSSR count). The normalized spacial score (nSPS) is 11.8. The van der Waals surface area contributed by atoms with Crippen LogP contribution in [0.15, 0.2) is 224 Å². The van der Waals surface area contributed by atoms with Gasteiger partial charge < -0.3 is 9.13 Å². The van der Waals surface area contributed by atoms with E-state index in [-0.39, 0.29) is 0 Å². The Bertz CT molecular complexity index is 3870. The SMILES string of the molecule is c1ccc(-c2nc(-c3ccccc3)nc(-c3ccc4cc(-n5c6ccccc6c6cc7c8cc(-c9ccccc9)c9ccccc9c8n(-c8ccccc8)c7cc65)ccc4c3)n2)cc1. The lowest BCUT2D eigenvalue weighted by molar-refractivity contribution is 1.07. The third kappa shape index (κ3) is 5.75. The van der Waals surface area contributed by atoms with Crippen molar-refractivity contribution < 1.29 is 0 Å². The van der Waals surface area contributed by atoms with Gasteiger partial charge in [0.15, 0.2) is 17.5 Å². The van der Waals surface area contributed by atoms with Gasteiger partial charge in [-0.2, -0.15) is 0 Å². The van der Waals surface area contributed by atoms with Gasteiger partial charge in [-0.25, -0.2) is 15.0 Å². The monoisotopic (exact) mass is 815 g/mol. The lowest BCUT2D eigenvalue weighted by Crippen LogP contribution is -2.00. The fraction of sp³-hybridized carbons (Fsp3) is 0. The molecule has 0 atom stereocenters. The lowest BCUT2D eigenvalue weighted by Gasteiger charge is -2.13. The van der Waals surface area contributed by atoms with Gasteiger partial charge in [0.2, 0.25) is 0 Å². The molecule has 64 heavy (non-hydrogen) atoms. The maximum atomic E-state index is 5.01. The van der Waals surface area contributed by atoms with E-state index in [1.165, 1.54) is 60.0 Å². The second-order valence-electron chi connectivity index (χ2n) is 16.4. The molecular formula is C59H37N5. The van der Waals surface area contributed by atoms with Gasteiger partial charge in [-0.3, -0.25) is 0 Å². The fourth-order valence-electron chi connectivity index (χ4n) is 9.76. The minimum absolute atomic E-state index is 0.641. The van der Waals surface area contributed by atoms with Crippen LogP contribution >= 0.6 is 0 Å². The van der Waals surface area contributed by atoms with Crippen molar-refractivity contribution in [2.75, 3.05) is 0 Å². The molecule has 0 fully saturated rings. The second-order valence-corrected chi connectivity index (χ2v) is 16.4. The summed E-state index contributed by atoms with van der Waals surface area (Å²) in [6.45, 7) is 0. The first-order valence-corrected chi connectivity index (χ1v) is 21.7. The van der Waals surface area contributed by atoms with Crippen molar-refractivity contribution in [3.05, 3.63) is 224 Å². The molecule has 0 radical (unpaired) electrons. The molecule has 10 aromatic carbocycles. The minimum Gasteiger partial charge on any atom is -0.309 e. The van der Waals surface area contributed by atoms with Crippen LogP contribution in [0, 0.1) is 0 Å². The van der Waals surface area contributed by atoms with Crippen LogP contribution in [0.2, 0.25) is 0 Å². The molecule has 0 saturated heterocycles. The van der Waals surface area contributed by atoms with Crippen molar-refractivity contribution in [2.24, 2.45) is 0 Å². The number of fused-ring (bicyclic) bond motifs is 9. The number of para-hydroxylation sites is 2. The van der Waals surface area contributed by atoms with Crippen LogP contribution in [0.3, 0.4) is 0 Å². The predicted octanol–water partition coefficient (Wildman–Crippen LogP) is 15.0. The molecule has 0 unspecified atom stereocenters. The van der Waals surface area contributed by atoms with Crippen LogP contribution < -0.4 is 0 Å². The predicted molar refractivity (Wildman–Crippen MR) is 265 cm³/mol. The Balaban J connectivity index is 1.02. The van der Waals surface area contributed by atoms with Crippen molar-refractivity contribution in [3.63, 3.8) is 0 Å². The Hall–Kier alpha value is -8.67. The summed E-state index contributed by atoms with van der Waals surface area (Å²) in [5.74, 6) is 1.94. The maximum absolute atomic E-state index is 5.01. The standard InChI is InChI=1S/C59H37N5/c1-5-17-38(18-6-1)49-35-52-51-36-50-47-26-15-16-28-53(47)63(54(50)37-55(51)64(44-23-11-4-12-24-44)56(52)48-27-14-13-25-46(48)49)45-32-31-41-33-43(30-29-42(41)34-45)59-61-57(39-19-7-2-8-20-39)60-58(62-59)40-21-9-3-10-22-40/h1-37H. The largest absolute Gasteiger partial charge is 0.309 e. The summed E-state index contributed by atoms with van der Waals surface area (Å²) in [6, 6.07) is 80.0. The van der Waals surface area contributed by atoms with E-state index in [0.717, 1.165) is 44.4 Å². The molecule has 0 saturated carbocycles. The molecule has 5 heteroatoms. The quantitative estimate of drug-likeness (QED) is 0.168. The van der Waals surface area contributed by atoms with E-state index in [2.05, 4.69) is 173 Å². The van der Waals surface area contributed by atoms with E-state index in [9.17, 15) is 0 Å². The molecule has 0 spiro atoms. The summed E-state index contributed by atoms with van der Waals surface area (Å²) in [4.78, 5) is 14.9. The number of benzene rings is 10. The van der Waals surface area contributed by atoms with Gasteiger partial charge in [-0.1, -0.05) is 170 Å². The van der Waals surface area contributed by atoms with Gasteiger partial charge in [-0.15, -0.1) is 0 Å². The van der Waals surface area contributed by atoms with Crippen LogP contribution in [-0.2, 0) is 0 Å². The summed E-state index contributed by atoms with van der Waals surface area (Å²) >= 11 is 0. The Morgan fingerprint density at radius 1 is 0.266 bits per heavy atom. The average molecular weight is 816 g/mol. The molecule has 3 heterocycles. The molecule has 298 valence electrons. The Kier molecular flexibility index (Phi) is 8.15. The molecule has 13 aromatic rings. The van der Waals surface area contributed by atoms with Crippen LogP contribution in [0.1, 0.15) is 0 Å². The van der Waals surface area contributed by atoms with E-state index in [1.54, 1.807) is 0 Å². The zero-order chi connectivity index (χ0) is 42.1. The van der Waals surface area contributed by atoms with Crippen molar-refractivity contribution >= 4 is 65.2 Å². The summed E-state index contributed by atoms with van der Waals surface area (Å²) in [5.41, 5.74) is 12.2. The Morgan fingerprint density at radius 2 is 0.781 bits per heavy atom. The Labute approximate surface area is 368 Å². The molecule has 3 aromatic heterocycles. The van der Waals surface area contributed by atoms with E-state index >= 15 is 0 Å². The highest BCUT2D eigenvalue weighted by molar-refractivity contribution is 6.25. The number of rotatable bonds is 6. The van der Waals surface area contributed by atoms with Gasteiger partial charge in [0.1, 0.15) is 0 Å². The van der Waals surface area contributed by atoms with Gasteiger partial charge >= 0.3 is 0 Å². The molecule has 5 nitrogen and oxygen atoms in total. The van der Waals surface area contributed by atoms with Gasteiger partial charge in [-0.05, 0) is 81.9 Å². The summed E-state index contributed by atoms with van der Waals surface area (Å²) in [5, 5.41) is 9.62. The van der Waals surface area contributed by atoms with Crippen LogP contribution in [0.25, 0.3) is 122 Å². The highest BCUT2D eigenvalue weighted by Crippen LogP contribution is 2.44. The maximum Gasteiger partial charge on any atom is 0.164 e.